The third-order valence-electron chi connectivity index (χ3n) is 3.38. The molecule has 2 rings (SSSR count). The fourth-order valence-corrected chi connectivity index (χ4v) is 2.17. The summed E-state index contributed by atoms with van der Waals surface area (Å²) in [4.78, 5) is 5.79. The molecule has 0 radical (unpaired) electrons. The van der Waals surface area contributed by atoms with E-state index in [9.17, 15) is 13.2 Å². The quantitative estimate of drug-likeness (QED) is 0.853. The van der Waals surface area contributed by atoms with Gasteiger partial charge in [0.15, 0.2) is 0 Å². The number of nitrogens with zero attached hydrogens (tertiary/aromatic N) is 2. The molecule has 0 saturated carbocycles. The van der Waals surface area contributed by atoms with Gasteiger partial charge in [-0.2, -0.15) is 18.2 Å². The molecule has 1 unspecified atom stereocenters. The topological polar surface area (TPSA) is 61.5 Å². The van der Waals surface area contributed by atoms with Gasteiger partial charge in [-0.1, -0.05) is 12.1 Å². The third-order valence-corrected chi connectivity index (χ3v) is 3.38. The first-order valence-corrected chi connectivity index (χ1v) is 6.94. The summed E-state index contributed by atoms with van der Waals surface area (Å²) in [5.74, 6) is 0. The SMILES string of the molecule is CN(C)C(CNc1nc(CO)co1)c1cccc(C(F)(F)F)c1. The van der Waals surface area contributed by atoms with Gasteiger partial charge in [0.05, 0.1) is 18.2 Å². The number of oxazole rings is 1. The van der Waals surface area contributed by atoms with Crippen LogP contribution in [0.2, 0.25) is 0 Å². The van der Waals surface area contributed by atoms with Crippen molar-refractivity contribution in [3.8, 4) is 0 Å². The van der Waals surface area contributed by atoms with Gasteiger partial charge >= 0.3 is 6.18 Å². The lowest BCUT2D eigenvalue weighted by molar-refractivity contribution is -0.137. The molecule has 0 aliphatic heterocycles. The van der Waals surface area contributed by atoms with Gasteiger partial charge in [-0.3, -0.25) is 0 Å². The van der Waals surface area contributed by atoms with Gasteiger partial charge in [0.2, 0.25) is 0 Å². The summed E-state index contributed by atoms with van der Waals surface area (Å²) in [5.41, 5.74) is 0.236. The lowest BCUT2D eigenvalue weighted by atomic mass is 10.0. The van der Waals surface area contributed by atoms with Crippen molar-refractivity contribution in [1.82, 2.24) is 9.88 Å². The molecule has 0 aliphatic carbocycles. The van der Waals surface area contributed by atoms with Crippen LogP contribution in [-0.2, 0) is 12.8 Å². The van der Waals surface area contributed by atoms with Crippen LogP contribution in [0.5, 0.6) is 0 Å². The molecule has 1 atom stereocenters. The molecule has 1 aromatic carbocycles. The van der Waals surface area contributed by atoms with E-state index in [4.69, 9.17) is 9.52 Å². The summed E-state index contributed by atoms with van der Waals surface area (Å²) in [6, 6.07) is 5.14. The second-order valence-corrected chi connectivity index (χ2v) is 5.29. The van der Waals surface area contributed by atoms with Crippen LogP contribution in [0, 0.1) is 0 Å². The Morgan fingerprint density at radius 3 is 2.65 bits per heavy atom. The van der Waals surface area contributed by atoms with E-state index in [0.29, 0.717) is 17.8 Å². The minimum Gasteiger partial charge on any atom is -0.432 e. The Labute approximate surface area is 131 Å². The zero-order chi connectivity index (χ0) is 17.0. The molecule has 0 spiro atoms. The Balaban J connectivity index is 2.15. The van der Waals surface area contributed by atoms with E-state index in [-0.39, 0.29) is 18.7 Å². The molecule has 23 heavy (non-hydrogen) atoms. The molecule has 0 fully saturated rings. The zero-order valence-corrected chi connectivity index (χ0v) is 12.8. The van der Waals surface area contributed by atoms with Gasteiger partial charge in [-0.25, -0.2) is 0 Å². The van der Waals surface area contributed by atoms with Crippen molar-refractivity contribution >= 4 is 6.01 Å². The predicted octanol–water partition coefficient (Wildman–Crippen LogP) is 2.90. The molecule has 0 bridgehead atoms. The number of hydrogen-bond donors (Lipinski definition) is 2. The standard InChI is InChI=1S/C15H18F3N3O2/c1-21(2)13(7-19-14-20-12(8-22)9-23-14)10-4-3-5-11(6-10)15(16,17)18/h3-6,9,13,22H,7-8H2,1-2H3,(H,19,20). The average molecular weight is 329 g/mol. The van der Waals surface area contributed by atoms with E-state index >= 15 is 0 Å². The van der Waals surface area contributed by atoms with Gasteiger partial charge in [0, 0.05) is 6.54 Å². The molecule has 0 amide bonds. The number of aromatic nitrogens is 1. The molecule has 1 heterocycles. The Hall–Kier alpha value is -2.06. The van der Waals surface area contributed by atoms with Crippen LogP contribution in [0.3, 0.4) is 0 Å². The summed E-state index contributed by atoms with van der Waals surface area (Å²) in [5, 5.41) is 11.9. The number of likely N-dealkylation sites (N-methyl/N-ethyl adjacent to an activating group) is 1. The lowest BCUT2D eigenvalue weighted by Crippen LogP contribution is -2.27. The fraction of sp³-hybridized carbons (Fsp3) is 0.400. The highest BCUT2D eigenvalue weighted by Crippen LogP contribution is 2.31. The Morgan fingerprint density at radius 1 is 1.35 bits per heavy atom. The fourth-order valence-electron chi connectivity index (χ4n) is 2.17. The monoisotopic (exact) mass is 329 g/mol. The molecule has 0 aliphatic rings. The number of hydrogen-bond acceptors (Lipinski definition) is 5. The first-order valence-electron chi connectivity index (χ1n) is 6.94. The number of halogens is 3. The minimum atomic E-state index is -4.38. The van der Waals surface area contributed by atoms with Crippen molar-refractivity contribution < 1.29 is 22.7 Å². The summed E-state index contributed by atoms with van der Waals surface area (Å²) >= 11 is 0. The van der Waals surface area contributed by atoms with E-state index in [1.54, 1.807) is 25.1 Å². The molecule has 2 N–H and O–H groups in total. The summed E-state index contributed by atoms with van der Waals surface area (Å²) < 4.78 is 43.7. The number of aliphatic hydroxyl groups is 1. The van der Waals surface area contributed by atoms with Crippen molar-refractivity contribution in [2.75, 3.05) is 26.0 Å². The maximum Gasteiger partial charge on any atom is 0.416 e. The summed E-state index contributed by atoms with van der Waals surface area (Å²) in [6.45, 7) is 0.0651. The molecule has 2 aromatic rings. The molecule has 8 heteroatoms. The highest BCUT2D eigenvalue weighted by atomic mass is 19.4. The second kappa shape index (κ2) is 7.01. The number of anilines is 1. The Morgan fingerprint density at radius 2 is 2.09 bits per heavy atom. The van der Waals surface area contributed by atoms with Crippen LogP contribution < -0.4 is 5.32 Å². The second-order valence-electron chi connectivity index (χ2n) is 5.29. The first kappa shape index (κ1) is 17.3. The summed E-state index contributed by atoms with van der Waals surface area (Å²) in [6.07, 6.45) is -3.06. The minimum absolute atomic E-state index is 0.216. The highest BCUT2D eigenvalue weighted by molar-refractivity contribution is 5.30. The number of aliphatic hydroxyl groups excluding tert-OH is 1. The Kier molecular flexibility index (Phi) is 5.27. The average Bonchev–Trinajstić information content (AvgIpc) is 2.94. The van der Waals surface area contributed by atoms with Crippen LogP contribution in [0.15, 0.2) is 34.9 Å². The maximum absolute atomic E-state index is 12.8. The van der Waals surface area contributed by atoms with E-state index in [0.717, 1.165) is 12.1 Å². The molecule has 0 saturated heterocycles. The Bertz CT molecular complexity index is 641. The van der Waals surface area contributed by atoms with Crippen LogP contribution >= 0.6 is 0 Å². The van der Waals surface area contributed by atoms with Gasteiger partial charge in [-0.15, -0.1) is 0 Å². The highest BCUT2D eigenvalue weighted by Gasteiger charge is 2.31. The van der Waals surface area contributed by atoms with Crippen LogP contribution in [0.1, 0.15) is 22.9 Å². The van der Waals surface area contributed by atoms with Gasteiger partial charge in [0.1, 0.15) is 12.0 Å². The predicted molar refractivity (Wildman–Crippen MR) is 78.8 cm³/mol. The molecular formula is C15H18F3N3O2. The molecule has 1 aromatic heterocycles. The largest absolute Gasteiger partial charge is 0.432 e. The molecule has 126 valence electrons. The van der Waals surface area contributed by atoms with Crippen molar-refractivity contribution in [2.24, 2.45) is 0 Å². The van der Waals surface area contributed by atoms with E-state index in [1.807, 2.05) is 0 Å². The number of nitrogens with one attached hydrogen (secondary N) is 1. The van der Waals surface area contributed by atoms with Crippen LogP contribution in [-0.4, -0.2) is 35.6 Å². The van der Waals surface area contributed by atoms with Crippen LogP contribution in [0.25, 0.3) is 0 Å². The molecule has 5 nitrogen and oxygen atoms in total. The maximum atomic E-state index is 12.8. The van der Waals surface area contributed by atoms with Gasteiger partial charge < -0.3 is 19.7 Å². The number of rotatable bonds is 6. The normalized spacial score (nSPS) is 13.3. The number of alkyl halides is 3. The first-order chi connectivity index (χ1) is 10.8. The smallest absolute Gasteiger partial charge is 0.416 e. The third kappa shape index (κ3) is 4.46. The van der Waals surface area contributed by atoms with E-state index in [1.165, 1.54) is 12.3 Å². The summed E-state index contributed by atoms with van der Waals surface area (Å²) in [7, 11) is 3.56. The van der Waals surface area contributed by atoms with E-state index in [2.05, 4.69) is 10.3 Å². The van der Waals surface area contributed by atoms with E-state index < -0.39 is 11.7 Å². The van der Waals surface area contributed by atoms with Crippen molar-refractivity contribution in [3.05, 3.63) is 47.3 Å². The zero-order valence-electron chi connectivity index (χ0n) is 12.8. The lowest BCUT2D eigenvalue weighted by Gasteiger charge is -2.25. The van der Waals surface area contributed by atoms with Gasteiger partial charge in [0.25, 0.3) is 6.01 Å². The number of benzene rings is 1. The van der Waals surface area contributed by atoms with Crippen LogP contribution in [0.4, 0.5) is 19.2 Å². The van der Waals surface area contributed by atoms with Crippen molar-refractivity contribution in [2.45, 2.75) is 18.8 Å². The van der Waals surface area contributed by atoms with Gasteiger partial charge in [-0.05, 0) is 31.8 Å². The van der Waals surface area contributed by atoms with Crippen molar-refractivity contribution in [3.63, 3.8) is 0 Å². The molecular weight excluding hydrogens is 311 g/mol. The van der Waals surface area contributed by atoms with Crippen molar-refractivity contribution in [1.29, 1.82) is 0 Å².